The minimum atomic E-state index is 0.190. The predicted molar refractivity (Wildman–Crippen MR) is 65.5 cm³/mol. The highest BCUT2D eigenvalue weighted by molar-refractivity contribution is 6.16. The van der Waals surface area contributed by atoms with E-state index in [1.165, 1.54) is 0 Å². The van der Waals surface area contributed by atoms with Crippen LogP contribution in [-0.4, -0.2) is 23.8 Å². The van der Waals surface area contributed by atoms with Gasteiger partial charge in [-0.2, -0.15) is 0 Å². The predicted octanol–water partition coefficient (Wildman–Crippen LogP) is 2.17. The molecule has 2 aliphatic carbocycles. The van der Waals surface area contributed by atoms with Gasteiger partial charge >= 0.3 is 0 Å². The zero-order chi connectivity index (χ0) is 12.4. The van der Waals surface area contributed by atoms with Crippen LogP contribution < -0.4 is 0 Å². The number of hydrogen-bond acceptors (Lipinski definition) is 4. The lowest BCUT2D eigenvalue weighted by molar-refractivity contribution is -0.104. The molecule has 17 heavy (non-hydrogen) atoms. The maximum Gasteiger partial charge on any atom is 0.150 e. The molecule has 0 aromatic heterocycles. The molecular weight excluding hydrogens is 216 g/mol. The monoisotopic (exact) mass is 230 g/mol. The van der Waals surface area contributed by atoms with Gasteiger partial charge in [0.1, 0.15) is 17.8 Å². The number of nitrogens with one attached hydrogen (secondary N) is 2. The summed E-state index contributed by atoms with van der Waals surface area (Å²) in [5.74, 6) is 0.435. The van der Waals surface area contributed by atoms with Gasteiger partial charge < -0.3 is 10.1 Å². The molecule has 0 bridgehead atoms. The van der Waals surface area contributed by atoms with Gasteiger partial charge in [0.05, 0.1) is 6.10 Å². The lowest BCUT2D eigenvalue weighted by Gasteiger charge is -2.16. The summed E-state index contributed by atoms with van der Waals surface area (Å²) < 4.78 is 5.58. The van der Waals surface area contributed by atoms with Gasteiger partial charge in [-0.3, -0.25) is 10.2 Å². The lowest BCUT2D eigenvalue weighted by atomic mass is 9.98. The summed E-state index contributed by atoms with van der Waals surface area (Å²) in [5, 5.41) is 15.4. The molecule has 2 aliphatic rings. The Morgan fingerprint density at radius 1 is 1.47 bits per heavy atom. The largest absolute Gasteiger partial charge is 0.488 e. The van der Waals surface area contributed by atoms with Crippen molar-refractivity contribution >= 4 is 17.7 Å². The van der Waals surface area contributed by atoms with Gasteiger partial charge in [-0.25, -0.2) is 0 Å². The Kier molecular flexibility index (Phi) is 3.04. The Balaban J connectivity index is 2.29. The van der Waals surface area contributed by atoms with Gasteiger partial charge in [0.2, 0.25) is 0 Å². The summed E-state index contributed by atoms with van der Waals surface area (Å²) in [4.78, 5) is 10.8. The molecule has 0 amide bonds. The third kappa shape index (κ3) is 2.78. The molecule has 0 heterocycles. The molecule has 0 aromatic rings. The Morgan fingerprint density at radius 3 is 2.71 bits per heavy atom. The highest BCUT2D eigenvalue weighted by atomic mass is 16.5. The topological polar surface area (TPSA) is 74.0 Å². The summed E-state index contributed by atoms with van der Waals surface area (Å²) in [6.07, 6.45) is 7.69. The van der Waals surface area contributed by atoms with Crippen molar-refractivity contribution in [2.45, 2.75) is 25.9 Å². The zero-order valence-electron chi connectivity index (χ0n) is 9.62. The number of hydrogen-bond donors (Lipinski definition) is 2. The van der Waals surface area contributed by atoms with E-state index in [1.807, 2.05) is 0 Å². The molecule has 0 spiro atoms. The maximum absolute atomic E-state index is 10.8. The van der Waals surface area contributed by atoms with E-state index in [0.717, 1.165) is 19.1 Å². The third-order valence-electron chi connectivity index (χ3n) is 2.48. The molecule has 1 saturated carbocycles. The van der Waals surface area contributed by atoms with Crippen molar-refractivity contribution in [1.29, 1.82) is 10.8 Å². The van der Waals surface area contributed by atoms with Crippen molar-refractivity contribution in [3.8, 4) is 0 Å². The highest BCUT2D eigenvalue weighted by Crippen LogP contribution is 2.29. The SMILES string of the molecule is CC(=N)/C=C1/C=C(C=O)C=C(OC2CC2)C1=N. The third-order valence-corrected chi connectivity index (χ3v) is 2.48. The van der Waals surface area contributed by atoms with Crippen LogP contribution in [0.5, 0.6) is 0 Å². The van der Waals surface area contributed by atoms with Crippen LogP contribution >= 0.6 is 0 Å². The van der Waals surface area contributed by atoms with Gasteiger partial charge in [0.15, 0.2) is 0 Å². The van der Waals surface area contributed by atoms with E-state index in [2.05, 4.69) is 0 Å². The molecule has 88 valence electrons. The van der Waals surface area contributed by atoms with Crippen molar-refractivity contribution in [2.75, 3.05) is 0 Å². The van der Waals surface area contributed by atoms with Crippen LogP contribution in [0.1, 0.15) is 19.8 Å². The van der Waals surface area contributed by atoms with E-state index < -0.39 is 0 Å². The van der Waals surface area contributed by atoms with E-state index in [4.69, 9.17) is 15.6 Å². The molecule has 0 unspecified atom stereocenters. The van der Waals surface area contributed by atoms with Crippen molar-refractivity contribution in [3.05, 3.63) is 35.1 Å². The van der Waals surface area contributed by atoms with Crippen molar-refractivity contribution in [2.24, 2.45) is 0 Å². The number of ether oxygens (including phenoxy) is 1. The van der Waals surface area contributed by atoms with Crippen molar-refractivity contribution in [1.82, 2.24) is 0 Å². The molecule has 4 heteroatoms. The summed E-state index contributed by atoms with van der Waals surface area (Å²) in [6, 6.07) is 0. The molecule has 2 rings (SSSR count). The maximum atomic E-state index is 10.8. The first-order chi connectivity index (χ1) is 8.10. The fourth-order valence-electron chi connectivity index (χ4n) is 1.53. The van der Waals surface area contributed by atoms with Crippen LogP contribution in [0.2, 0.25) is 0 Å². The van der Waals surface area contributed by atoms with Crippen LogP contribution in [0, 0.1) is 10.8 Å². The van der Waals surface area contributed by atoms with Gasteiger partial charge in [0, 0.05) is 16.9 Å². The first kappa shape index (κ1) is 11.5. The van der Waals surface area contributed by atoms with Gasteiger partial charge in [-0.15, -0.1) is 0 Å². The van der Waals surface area contributed by atoms with Crippen LogP contribution in [-0.2, 0) is 9.53 Å². The molecule has 0 saturated heterocycles. The lowest BCUT2D eigenvalue weighted by Crippen LogP contribution is -2.14. The van der Waals surface area contributed by atoms with Gasteiger partial charge in [-0.05, 0) is 38.0 Å². The molecule has 4 nitrogen and oxygen atoms in total. The standard InChI is InChI=1S/C13H14N2O2/c1-8(14)4-10-5-9(7-16)6-12(13(10)15)17-11-2-3-11/h4-7,11,14-15H,2-3H2,1H3/b10-4-,14-8?,15-13?. The van der Waals surface area contributed by atoms with E-state index in [0.29, 0.717) is 22.6 Å². The van der Waals surface area contributed by atoms with E-state index >= 15 is 0 Å². The summed E-state index contributed by atoms with van der Waals surface area (Å²) >= 11 is 0. The van der Waals surface area contributed by atoms with Crippen LogP contribution in [0.3, 0.4) is 0 Å². The first-order valence-corrected chi connectivity index (χ1v) is 5.51. The number of carbonyl (C=O) groups excluding carboxylic acids is 1. The second-order valence-electron chi connectivity index (χ2n) is 4.25. The normalized spacial score (nSPS) is 21.9. The van der Waals surface area contributed by atoms with Crippen molar-refractivity contribution in [3.63, 3.8) is 0 Å². The second kappa shape index (κ2) is 4.49. The van der Waals surface area contributed by atoms with E-state index in [9.17, 15) is 4.79 Å². The average molecular weight is 230 g/mol. The fraction of sp³-hybridized carbons (Fsp3) is 0.308. The number of aldehydes is 1. The molecule has 2 N–H and O–H groups in total. The van der Waals surface area contributed by atoms with Crippen LogP contribution in [0.25, 0.3) is 0 Å². The Labute approximate surface area is 99.7 Å². The smallest absolute Gasteiger partial charge is 0.150 e. The van der Waals surface area contributed by atoms with Crippen LogP contribution in [0.15, 0.2) is 35.1 Å². The molecule has 0 atom stereocenters. The summed E-state index contributed by atoms with van der Waals surface area (Å²) in [5.41, 5.74) is 1.62. The summed E-state index contributed by atoms with van der Waals surface area (Å²) in [6.45, 7) is 1.63. The van der Waals surface area contributed by atoms with Gasteiger partial charge in [-0.1, -0.05) is 0 Å². The molecule has 1 fully saturated rings. The number of allylic oxidation sites excluding steroid dienone is 5. The molecule has 0 aromatic carbocycles. The Hall–Kier alpha value is -1.97. The Bertz CT molecular complexity index is 480. The van der Waals surface area contributed by atoms with E-state index in [-0.39, 0.29) is 11.8 Å². The van der Waals surface area contributed by atoms with E-state index in [1.54, 1.807) is 25.2 Å². The number of carbonyl (C=O) groups is 1. The minimum absolute atomic E-state index is 0.190. The fourth-order valence-corrected chi connectivity index (χ4v) is 1.53. The van der Waals surface area contributed by atoms with Gasteiger partial charge in [0.25, 0.3) is 0 Å². The number of rotatable bonds is 4. The molecule has 0 aliphatic heterocycles. The molecular formula is C13H14N2O2. The zero-order valence-corrected chi connectivity index (χ0v) is 9.62. The highest BCUT2D eigenvalue weighted by Gasteiger charge is 2.27. The Morgan fingerprint density at radius 2 is 2.18 bits per heavy atom. The second-order valence-corrected chi connectivity index (χ2v) is 4.25. The summed E-state index contributed by atoms with van der Waals surface area (Å²) in [7, 11) is 0. The van der Waals surface area contributed by atoms with Crippen LogP contribution in [0.4, 0.5) is 0 Å². The minimum Gasteiger partial charge on any atom is -0.488 e. The average Bonchev–Trinajstić information content (AvgIpc) is 3.07. The molecule has 0 radical (unpaired) electrons. The quantitative estimate of drug-likeness (QED) is 0.573. The van der Waals surface area contributed by atoms with Crippen molar-refractivity contribution < 1.29 is 9.53 Å². The first-order valence-electron chi connectivity index (χ1n) is 5.51.